The minimum atomic E-state index is 0.893. The Morgan fingerprint density at radius 3 is 2.93 bits per heavy atom. The van der Waals surface area contributed by atoms with Gasteiger partial charge in [0.15, 0.2) is 0 Å². The molecule has 0 spiro atoms. The van der Waals surface area contributed by atoms with Gasteiger partial charge in [0.2, 0.25) is 0 Å². The first-order valence-corrected chi connectivity index (χ1v) is 4.75. The topological polar surface area (TPSA) is 39.9 Å². The Labute approximate surface area is 86.8 Å². The second-order valence-electron chi connectivity index (χ2n) is 3.30. The van der Waals surface area contributed by atoms with Gasteiger partial charge in [0.05, 0.1) is 24.3 Å². The van der Waals surface area contributed by atoms with Crippen molar-refractivity contribution in [2.75, 3.05) is 0 Å². The van der Waals surface area contributed by atoms with Gasteiger partial charge in [-0.15, -0.1) is 0 Å². The Kier molecular flexibility index (Phi) is 1.78. The molecule has 4 nitrogen and oxygen atoms in total. The lowest BCUT2D eigenvalue weighted by molar-refractivity contribution is 0.464. The third-order valence-electron chi connectivity index (χ3n) is 2.32. The highest BCUT2D eigenvalue weighted by Crippen LogP contribution is 2.25. The van der Waals surface area contributed by atoms with E-state index in [0.29, 0.717) is 0 Å². The summed E-state index contributed by atoms with van der Waals surface area (Å²) in [7, 11) is 0. The Bertz CT molecular complexity index is 503. The molecule has 1 aromatic heterocycles. The molecule has 74 valence electrons. The zero-order valence-corrected chi connectivity index (χ0v) is 8.00. The predicted octanol–water partition coefficient (Wildman–Crippen LogP) is 1.72. The zero-order chi connectivity index (χ0) is 10.1. The molecule has 1 aliphatic heterocycles. The highest BCUT2D eigenvalue weighted by molar-refractivity contribution is 5.45. The van der Waals surface area contributed by atoms with E-state index in [0.717, 1.165) is 23.4 Å². The number of ether oxygens (including phenoxy) is 1. The molecule has 2 aromatic rings. The van der Waals surface area contributed by atoms with Gasteiger partial charge >= 0.3 is 0 Å². The van der Waals surface area contributed by atoms with E-state index in [1.807, 2.05) is 24.3 Å². The van der Waals surface area contributed by atoms with E-state index in [1.54, 1.807) is 23.5 Å². The number of nitrogens with zero attached hydrogens (tertiary/aromatic N) is 3. The van der Waals surface area contributed by atoms with E-state index in [1.165, 1.54) is 0 Å². The maximum atomic E-state index is 5.37. The summed E-state index contributed by atoms with van der Waals surface area (Å²) < 4.78 is 5.37. The van der Waals surface area contributed by atoms with Gasteiger partial charge in [-0.05, 0) is 30.7 Å². The molecular weight excluding hydrogens is 190 g/mol. The van der Waals surface area contributed by atoms with Crippen LogP contribution in [0.4, 0.5) is 0 Å². The number of aromatic nitrogens is 3. The highest BCUT2D eigenvalue weighted by Gasteiger charge is 2.08. The second kappa shape index (κ2) is 3.24. The molecule has 0 amide bonds. The van der Waals surface area contributed by atoms with E-state index in [9.17, 15) is 0 Å². The van der Waals surface area contributed by atoms with Crippen LogP contribution in [0.3, 0.4) is 0 Å². The minimum absolute atomic E-state index is 0.893. The van der Waals surface area contributed by atoms with E-state index in [4.69, 9.17) is 4.74 Å². The summed E-state index contributed by atoms with van der Waals surface area (Å²) in [6, 6.07) is 5.92. The lowest BCUT2D eigenvalue weighted by atomic mass is 10.1. The standard InChI is InChI=1S/C11H9N3O/c1-2-9-8-10(14-12-5-6-13-14)3-4-11(9)15-7-1/h1,3-8H,2H2. The van der Waals surface area contributed by atoms with Gasteiger partial charge in [-0.2, -0.15) is 15.0 Å². The smallest absolute Gasteiger partial charge is 0.130 e. The van der Waals surface area contributed by atoms with Crippen LogP contribution in [-0.4, -0.2) is 15.0 Å². The average Bonchev–Trinajstić information content (AvgIpc) is 2.82. The minimum Gasteiger partial charge on any atom is -0.465 e. The van der Waals surface area contributed by atoms with Crippen molar-refractivity contribution in [1.82, 2.24) is 15.0 Å². The Hall–Kier alpha value is -2.10. The van der Waals surface area contributed by atoms with Crippen molar-refractivity contribution in [3.8, 4) is 11.4 Å². The third-order valence-corrected chi connectivity index (χ3v) is 2.32. The molecular formula is C11H9N3O. The quantitative estimate of drug-likeness (QED) is 0.702. The zero-order valence-electron chi connectivity index (χ0n) is 8.00. The van der Waals surface area contributed by atoms with Crippen LogP contribution in [0.1, 0.15) is 5.56 Å². The molecule has 4 heteroatoms. The summed E-state index contributed by atoms with van der Waals surface area (Å²) in [5.74, 6) is 0.911. The second-order valence-corrected chi connectivity index (χ2v) is 3.30. The fourth-order valence-corrected chi connectivity index (χ4v) is 1.61. The molecule has 15 heavy (non-hydrogen) atoms. The lowest BCUT2D eigenvalue weighted by Crippen LogP contribution is -2.02. The average molecular weight is 199 g/mol. The van der Waals surface area contributed by atoms with Gasteiger partial charge in [0, 0.05) is 5.56 Å². The summed E-state index contributed by atoms with van der Waals surface area (Å²) in [5, 5.41) is 8.16. The van der Waals surface area contributed by atoms with Crippen molar-refractivity contribution in [3.05, 3.63) is 48.5 Å². The van der Waals surface area contributed by atoms with Crippen LogP contribution < -0.4 is 4.74 Å². The highest BCUT2D eigenvalue weighted by atomic mass is 16.5. The third kappa shape index (κ3) is 1.40. The van der Waals surface area contributed by atoms with Crippen molar-refractivity contribution in [2.45, 2.75) is 6.42 Å². The fourth-order valence-electron chi connectivity index (χ4n) is 1.61. The molecule has 2 heterocycles. The van der Waals surface area contributed by atoms with Gasteiger partial charge in [0.25, 0.3) is 0 Å². The van der Waals surface area contributed by atoms with Gasteiger partial charge in [-0.25, -0.2) is 0 Å². The van der Waals surface area contributed by atoms with Gasteiger partial charge < -0.3 is 4.74 Å². The van der Waals surface area contributed by atoms with E-state index < -0.39 is 0 Å². The first-order chi connectivity index (χ1) is 7.43. The predicted molar refractivity (Wildman–Crippen MR) is 54.8 cm³/mol. The van der Waals surface area contributed by atoms with Crippen LogP contribution in [-0.2, 0) is 6.42 Å². The van der Waals surface area contributed by atoms with Crippen LogP contribution in [0, 0.1) is 0 Å². The number of allylic oxidation sites excluding steroid dienone is 1. The maximum Gasteiger partial charge on any atom is 0.130 e. The first-order valence-electron chi connectivity index (χ1n) is 4.75. The van der Waals surface area contributed by atoms with Gasteiger partial charge in [-0.3, -0.25) is 0 Å². The Morgan fingerprint density at radius 1 is 1.20 bits per heavy atom. The molecule has 0 atom stereocenters. The van der Waals surface area contributed by atoms with Gasteiger partial charge in [-0.1, -0.05) is 0 Å². The molecule has 3 rings (SSSR count). The van der Waals surface area contributed by atoms with E-state index >= 15 is 0 Å². The Balaban J connectivity index is 2.06. The monoisotopic (exact) mass is 199 g/mol. The number of hydrogen-bond acceptors (Lipinski definition) is 3. The number of hydrogen-bond donors (Lipinski definition) is 0. The summed E-state index contributed by atoms with van der Waals surface area (Å²) in [5.41, 5.74) is 2.12. The van der Waals surface area contributed by atoms with Gasteiger partial charge in [0.1, 0.15) is 5.75 Å². The molecule has 0 saturated carbocycles. The summed E-state index contributed by atoms with van der Waals surface area (Å²) in [6.07, 6.45) is 7.92. The molecule has 1 aliphatic rings. The summed E-state index contributed by atoms with van der Waals surface area (Å²) in [6.45, 7) is 0. The number of benzene rings is 1. The van der Waals surface area contributed by atoms with Crippen LogP contribution >= 0.6 is 0 Å². The number of rotatable bonds is 1. The molecule has 0 saturated heterocycles. The summed E-state index contributed by atoms with van der Waals surface area (Å²) >= 11 is 0. The Morgan fingerprint density at radius 2 is 2.07 bits per heavy atom. The largest absolute Gasteiger partial charge is 0.465 e. The van der Waals surface area contributed by atoms with Crippen LogP contribution in [0.15, 0.2) is 42.9 Å². The van der Waals surface area contributed by atoms with E-state index in [2.05, 4.69) is 10.2 Å². The molecule has 0 fully saturated rings. The fraction of sp³-hybridized carbons (Fsp3) is 0.0909. The number of fused-ring (bicyclic) bond motifs is 1. The first kappa shape index (κ1) is 8.23. The molecule has 0 bridgehead atoms. The lowest BCUT2D eigenvalue weighted by Gasteiger charge is -2.12. The van der Waals surface area contributed by atoms with Crippen molar-refractivity contribution < 1.29 is 4.74 Å². The van der Waals surface area contributed by atoms with Crippen molar-refractivity contribution in [3.63, 3.8) is 0 Å². The van der Waals surface area contributed by atoms with Crippen LogP contribution in [0.5, 0.6) is 5.75 Å². The van der Waals surface area contributed by atoms with Crippen molar-refractivity contribution in [1.29, 1.82) is 0 Å². The van der Waals surface area contributed by atoms with Crippen LogP contribution in [0.25, 0.3) is 5.69 Å². The van der Waals surface area contributed by atoms with Crippen molar-refractivity contribution >= 4 is 0 Å². The normalized spacial score (nSPS) is 13.3. The van der Waals surface area contributed by atoms with Crippen molar-refractivity contribution in [2.24, 2.45) is 0 Å². The van der Waals surface area contributed by atoms with Crippen LogP contribution in [0.2, 0.25) is 0 Å². The molecule has 0 unspecified atom stereocenters. The SMILES string of the molecule is C1=COc2ccc(-n3nccn3)cc2C1. The molecule has 0 radical (unpaired) electrons. The molecule has 0 aliphatic carbocycles. The van der Waals surface area contributed by atoms with E-state index in [-0.39, 0.29) is 0 Å². The molecule has 1 aromatic carbocycles. The summed E-state index contributed by atoms with van der Waals surface area (Å²) in [4.78, 5) is 1.60. The molecule has 0 N–H and O–H groups in total. The maximum absolute atomic E-state index is 5.37.